The maximum atomic E-state index is 10.8. The van der Waals surface area contributed by atoms with Crippen molar-refractivity contribution in [1.29, 1.82) is 0 Å². The Morgan fingerprint density at radius 2 is 2.00 bits per heavy atom. The molecule has 0 aromatic heterocycles. The molecule has 0 saturated carbocycles. The first-order chi connectivity index (χ1) is 11.4. The number of halogens is 1. The molecule has 0 bridgehead atoms. The summed E-state index contributed by atoms with van der Waals surface area (Å²) in [6.07, 6.45) is 0. The van der Waals surface area contributed by atoms with Crippen LogP contribution in [0, 0.1) is 10.1 Å². The number of nitro groups is 1. The van der Waals surface area contributed by atoms with Gasteiger partial charge in [0.25, 0.3) is 5.69 Å². The van der Waals surface area contributed by atoms with Crippen LogP contribution in [0.2, 0.25) is 5.02 Å². The lowest BCUT2D eigenvalue weighted by Crippen LogP contribution is -2.27. The molecule has 0 amide bonds. The van der Waals surface area contributed by atoms with E-state index in [1.807, 2.05) is 38.4 Å². The number of para-hydroxylation sites is 1. The van der Waals surface area contributed by atoms with E-state index in [2.05, 4.69) is 10.2 Å². The van der Waals surface area contributed by atoms with E-state index in [9.17, 15) is 10.1 Å². The van der Waals surface area contributed by atoms with Crippen LogP contribution < -0.4 is 10.1 Å². The van der Waals surface area contributed by atoms with Crippen molar-refractivity contribution in [2.75, 3.05) is 33.1 Å². The topological polar surface area (TPSA) is 67.6 Å². The first-order valence-corrected chi connectivity index (χ1v) is 7.79. The lowest BCUT2D eigenvalue weighted by Gasteiger charge is -2.27. The maximum Gasteiger partial charge on any atom is 0.271 e. The van der Waals surface area contributed by atoms with E-state index in [1.165, 1.54) is 12.1 Å². The van der Waals surface area contributed by atoms with E-state index in [0.717, 1.165) is 11.3 Å². The first kappa shape index (κ1) is 18.0. The minimum absolute atomic E-state index is 0.0283. The Morgan fingerprint density at radius 1 is 1.29 bits per heavy atom. The molecule has 0 fully saturated rings. The maximum absolute atomic E-state index is 10.8. The van der Waals surface area contributed by atoms with Crippen LogP contribution in [0.25, 0.3) is 0 Å². The number of anilines is 1. The van der Waals surface area contributed by atoms with Crippen molar-refractivity contribution < 1.29 is 9.66 Å². The molecule has 1 atom stereocenters. The van der Waals surface area contributed by atoms with Crippen LogP contribution in [-0.2, 0) is 0 Å². The smallest absolute Gasteiger partial charge is 0.271 e. The average molecular weight is 350 g/mol. The van der Waals surface area contributed by atoms with Gasteiger partial charge in [-0.05, 0) is 26.2 Å². The van der Waals surface area contributed by atoms with E-state index in [4.69, 9.17) is 16.3 Å². The third-order valence-electron chi connectivity index (χ3n) is 3.77. The summed E-state index contributed by atoms with van der Waals surface area (Å²) in [6, 6.07) is 12.3. The van der Waals surface area contributed by atoms with Gasteiger partial charge in [-0.1, -0.05) is 29.8 Å². The van der Waals surface area contributed by atoms with Crippen molar-refractivity contribution in [1.82, 2.24) is 4.90 Å². The zero-order chi connectivity index (χ0) is 17.7. The molecule has 7 heteroatoms. The standard InChI is InChI=1S/C17H20ClN3O3/c1-20(2)16(13-6-4-5-7-17(13)24-3)11-19-15-9-8-12(21(22)23)10-14(15)18/h4-10,16,19H,11H2,1-3H3/t16-/m0/s1. The fourth-order valence-electron chi connectivity index (χ4n) is 2.48. The number of nitro benzene ring substituents is 1. The molecule has 1 N–H and O–H groups in total. The summed E-state index contributed by atoms with van der Waals surface area (Å²) >= 11 is 6.14. The van der Waals surface area contributed by atoms with Crippen molar-refractivity contribution in [3.8, 4) is 5.75 Å². The third-order valence-corrected chi connectivity index (χ3v) is 4.08. The van der Waals surface area contributed by atoms with Crippen LogP contribution in [0.5, 0.6) is 5.75 Å². The zero-order valence-electron chi connectivity index (χ0n) is 13.8. The van der Waals surface area contributed by atoms with Crippen LogP contribution in [0.3, 0.4) is 0 Å². The fraction of sp³-hybridized carbons (Fsp3) is 0.294. The van der Waals surface area contributed by atoms with Gasteiger partial charge in [0.15, 0.2) is 0 Å². The Labute approximate surface area is 146 Å². The molecule has 2 aromatic rings. The number of nitrogens with one attached hydrogen (secondary N) is 1. The van der Waals surface area contributed by atoms with Crippen LogP contribution in [-0.4, -0.2) is 37.6 Å². The molecule has 0 aliphatic heterocycles. The number of hydrogen-bond donors (Lipinski definition) is 1. The highest BCUT2D eigenvalue weighted by Gasteiger charge is 2.19. The second kappa shape index (κ2) is 7.99. The molecule has 128 valence electrons. The molecule has 6 nitrogen and oxygen atoms in total. The van der Waals surface area contributed by atoms with Crippen molar-refractivity contribution >= 4 is 23.0 Å². The minimum atomic E-state index is -0.465. The second-order valence-corrected chi connectivity index (χ2v) is 5.93. The Hall–Kier alpha value is -2.31. The number of methoxy groups -OCH3 is 1. The number of nitrogens with zero attached hydrogens (tertiary/aromatic N) is 2. The Kier molecular flexibility index (Phi) is 6.00. The molecule has 0 saturated heterocycles. The molecule has 0 unspecified atom stereocenters. The van der Waals surface area contributed by atoms with Crippen LogP contribution in [0.4, 0.5) is 11.4 Å². The Bertz CT molecular complexity index is 722. The lowest BCUT2D eigenvalue weighted by molar-refractivity contribution is -0.384. The highest BCUT2D eigenvalue weighted by Crippen LogP contribution is 2.30. The van der Waals surface area contributed by atoms with E-state index < -0.39 is 4.92 Å². The summed E-state index contributed by atoms with van der Waals surface area (Å²) in [5, 5.41) is 14.4. The van der Waals surface area contributed by atoms with Gasteiger partial charge in [0.1, 0.15) is 5.75 Å². The third kappa shape index (κ3) is 4.15. The summed E-state index contributed by atoms with van der Waals surface area (Å²) in [4.78, 5) is 12.4. The number of rotatable bonds is 7. The summed E-state index contributed by atoms with van der Waals surface area (Å²) in [5.74, 6) is 0.813. The average Bonchev–Trinajstić information content (AvgIpc) is 2.56. The van der Waals surface area contributed by atoms with E-state index in [0.29, 0.717) is 17.3 Å². The highest BCUT2D eigenvalue weighted by molar-refractivity contribution is 6.33. The van der Waals surface area contributed by atoms with Crippen LogP contribution in [0.15, 0.2) is 42.5 Å². The SMILES string of the molecule is COc1ccccc1[C@H](CNc1ccc([N+](=O)[O-])cc1Cl)N(C)C. The first-order valence-electron chi connectivity index (χ1n) is 7.41. The van der Waals surface area contributed by atoms with Gasteiger partial charge in [-0.15, -0.1) is 0 Å². The van der Waals surface area contributed by atoms with Crippen molar-refractivity contribution in [3.05, 3.63) is 63.2 Å². The minimum Gasteiger partial charge on any atom is -0.496 e. The summed E-state index contributed by atoms with van der Waals surface area (Å²) < 4.78 is 5.44. The van der Waals surface area contributed by atoms with Gasteiger partial charge in [0.05, 0.1) is 28.8 Å². The van der Waals surface area contributed by atoms with Gasteiger partial charge < -0.3 is 15.0 Å². The summed E-state index contributed by atoms with van der Waals surface area (Å²) in [7, 11) is 5.61. The number of benzene rings is 2. The van der Waals surface area contributed by atoms with Gasteiger partial charge in [-0.25, -0.2) is 0 Å². The quantitative estimate of drug-likeness (QED) is 0.605. The monoisotopic (exact) mass is 349 g/mol. The molecule has 0 radical (unpaired) electrons. The van der Waals surface area contributed by atoms with E-state index >= 15 is 0 Å². The predicted octanol–water partition coefficient (Wildman–Crippen LogP) is 3.97. The highest BCUT2D eigenvalue weighted by atomic mass is 35.5. The molecular weight excluding hydrogens is 330 g/mol. The number of hydrogen-bond acceptors (Lipinski definition) is 5. The van der Waals surface area contributed by atoms with Gasteiger partial charge in [-0.3, -0.25) is 10.1 Å². The van der Waals surface area contributed by atoms with Gasteiger partial charge in [-0.2, -0.15) is 0 Å². The Morgan fingerprint density at radius 3 is 2.58 bits per heavy atom. The number of non-ortho nitro benzene ring substituents is 1. The van der Waals surface area contributed by atoms with Crippen LogP contribution in [0.1, 0.15) is 11.6 Å². The van der Waals surface area contributed by atoms with Crippen molar-refractivity contribution in [2.45, 2.75) is 6.04 Å². The van der Waals surface area contributed by atoms with Crippen LogP contribution >= 0.6 is 11.6 Å². The molecule has 2 aromatic carbocycles. The van der Waals surface area contributed by atoms with Crippen molar-refractivity contribution in [2.24, 2.45) is 0 Å². The molecule has 24 heavy (non-hydrogen) atoms. The molecule has 2 rings (SSSR count). The lowest BCUT2D eigenvalue weighted by atomic mass is 10.0. The molecule has 0 aliphatic carbocycles. The molecular formula is C17H20ClN3O3. The largest absolute Gasteiger partial charge is 0.496 e. The van der Waals surface area contributed by atoms with E-state index in [-0.39, 0.29) is 11.7 Å². The van der Waals surface area contributed by atoms with E-state index in [1.54, 1.807) is 13.2 Å². The number of ether oxygens (including phenoxy) is 1. The fourth-order valence-corrected chi connectivity index (χ4v) is 2.72. The Balaban J connectivity index is 2.19. The van der Waals surface area contributed by atoms with Gasteiger partial charge in [0, 0.05) is 24.2 Å². The summed E-state index contributed by atoms with van der Waals surface area (Å²) in [5.41, 5.74) is 1.68. The van der Waals surface area contributed by atoms with Gasteiger partial charge in [0.2, 0.25) is 0 Å². The summed E-state index contributed by atoms with van der Waals surface area (Å²) in [6.45, 7) is 0.574. The molecule has 0 aliphatic rings. The normalized spacial score (nSPS) is 12.0. The molecule has 0 heterocycles. The predicted molar refractivity (Wildman–Crippen MR) is 96.0 cm³/mol. The van der Waals surface area contributed by atoms with Gasteiger partial charge >= 0.3 is 0 Å². The zero-order valence-corrected chi connectivity index (χ0v) is 14.6. The second-order valence-electron chi connectivity index (χ2n) is 5.52. The number of likely N-dealkylation sites (N-methyl/N-ethyl adjacent to an activating group) is 1. The molecule has 0 spiro atoms. The van der Waals surface area contributed by atoms with Crippen molar-refractivity contribution in [3.63, 3.8) is 0 Å².